The number of fused-ring (bicyclic) bond motifs is 3. The van der Waals surface area contributed by atoms with E-state index in [1.165, 1.54) is 19.0 Å². The number of nitrogens with zero attached hydrogens (tertiary/aromatic N) is 2. The molecule has 7 N–H and O–H groups in total. The van der Waals surface area contributed by atoms with Gasteiger partial charge in [0.05, 0.1) is 23.6 Å². The standard InChI is InChI=1S/C30H41N3O8/c1-12(2)8-11-16(32(4)5)15-10-9-14-13(3)17-19(24(35)18(14)23(15)34)27(38)30(41)21(25(17)36)22(33(6)7)26(37)20(28(30)39)29(31)40/h9-10,12-13,16-17,21-22,25,34-36,39,41H,8,11H2,1-7H3,(H2,31,40)/t13-,16?,17+,21+,22-,25-,30-/m0/s1. The van der Waals surface area contributed by atoms with Crippen molar-refractivity contribution < 1.29 is 39.9 Å². The summed E-state index contributed by atoms with van der Waals surface area (Å²) in [5.41, 5.74) is 2.15. The average Bonchev–Trinajstić information content (AvgIpc) is 2.86. The fourth-order valence-corrected chi connectivity index (χ4v) is 7.08. The molecule has 4 rings (SSSR count). The number of carbonyl (C=O) groups excluding carboxylic acids is 3. The highest BCUT2D eigenvalue weighted by molar-refractivity contribution is 6.24. The second-order valence-electron chi connectivity index (χ2n) is 12.5. The van der Waals surface area contributed by atoms with Gasteiger partial charge in [0.15, 0.2) is 11.4 Å². The summed E-state index contributed by atoms with van der Waals surface area (Å²) in [6.45, 7) is 5.92. The van der Waals surface area contributed by atoms with Crippen molar-refractivity contribution in [3.63, 3.8) is 0 Å². The molecule has 1 aromatic carbocycles. The van der Waals surface area contributed by atoms with E-state index in [1.54, 1.807) is 19.1 Å². The number of hydrogen-bond donors (Lipinski definition) is 6. The van der Waals surface area contributed by atoms with E-state index in [1.807, 2.05) is 19.0 Å². The van der Waals surface area contributed by atoms with E-state index in [0.717, 1.165) is 12.8 Å². The van der Waals surface area contributed by atoms with Gasteiger partial charge >= 0.3 is 0 Å². The number of phenols is 1. The lowest BCUT2D eigenvalue weighted by molar-refractivity contribution is -0.169. The van der Waals surface area contributed by atoms with Gasteiger partial charge in [-0.15, -0.1) is 0 Å². The van der Waals surface area contributed by atoms with Crippen molar-refractivity contribution in [1.82, 2.24) is 9.80 Å². The number of Topliss-reactive ketones (excluding diaryl/α,β-unsaturated/α-hetero) is 2. The Morgan fingerprint density at radius 3 is 2.20 bits per heavy atom. The van der Waals surface area contributed by atoms with E-state index < -0.39 is 75.6 Å². The molecule has 1 saturated carbocycles. The molecule has 0 heterocycles. The maximum atomic E-state index is 14.2. The minimum atomic E-state index is -2.93. The number of nitrogens with two attached hydrogens (primary N) is 1. The summed E-state index contributed by atoms with van der Waals surface area (Å²) < 4.78 is 0. The maximum absolute atomic E-state index is 14.2. The van der Waals surface area contributed by atoms with Crippen molar-refractivity contribution in [1.29, 1.82) is 0 Å². The largest absolute Gasteiger partial charge is 0.508 e. The van der Waals surface area contributed by atoms with Crippen molar-refractivity contribution in [2.45, 2.75) is 63.3 Å². The smallest absolute Gasteiger partial charge is 0.255 e. The van der Waals surface area contributed by atoms with Crippen LogP contribution >= 0.6 is 0 Å². The van der Waals surface area contributed by atoms with Crippen LogP contribution in [0.4, 0.5) is 0 Å². The summed E-state index contributed by atoms with van der Waals surface area (Å²) in [6.07, 6.45) is -0.0164. The van der Waals surface area contributed by atoms with Crippen molar-refractivity contribution in [2.75, 3.05) is 28.2 Å². The lowest BCUT2D eigenvalue weighted by Crippen LogP contribution is -2.70. The summed E-state index contributed by atoms with van der Waals surface area (Å²) in [7, 11) is 6.72. The molecule has 0 bridgehead atoms. The van der Waals surface area contributed by atoms with Crippen molar-refractivity contribution in [3.05, 3.63) is 45.7 Å². The lowest BCUT2D eigenvalue weighted by Gasteiger charge is -2.53. The van der Waals surface area contributed by atoms with Gasteiger partial charge in [0.2, 0.25) is 5.78 Å². The molecule has 1 aromatic rings. The Morgan fingerprint density at radius 1 is 1.07 bits per heavy atom. The molecule has 3 aliphatic carbocycles. The van der Waals surface area contributed by atoms with Crippen LogP contribution in [-0.2, 0) is 14.4 Å². The topological polar surface area (TPSA) is 185 Å². The predicted octanol–water partition coefficient (Wildman–Crippen LogP) is 1.53. The minimum absolute atomic E-state index is 0.00915. The number of phenolic OH excluding ortho intramolecular Hbond substituents is 1. The molecule has 1 amide bonds. The van der Waals surface area contributed by atoms with Crippen LogP contribution in [0.15, 0.2) is 29.0 Å². The molecule has 1 fully saturated rings. The number of benzene rings is 1. The van der Waals surface area contributed by atoms with E-state index in [4.69, 9.17) is 5.73 Å². The van der Waals surface area contributed by atoms with Gasteiger partial charge in [-0.2, -0.15) is 0 Å². The van der Waals surface area contributed by atoms with Gasteiger partial charge in [-0.05, 0) is 58.4 Å². The molecular weight excluding hydrogens is 530 g/mol. The average molecular weight is 572 g/mol. The summed E-state index contributed by atoms with van der Waals surface area (Å²) >= 11 is 0. The first-order chi connectivity index (χ1) is 19.0. The molecule has 11 nitrogen and oxygen atoms in total. The Labute approximate surface area is 239 Å². The van der Waals surface area contributed by atoms with E-state index in [0.29, 0.717) is 17.0 Å². The summed E-state index contributed by atoms with van der Waals surface area (Å²) in [4.78, 5) is 42.9. The van der Waals surface area contributed by atoms with E-state index in [2.05, 4.69) is 13.8 Å². The summed E-state index contributed by atoms with van der Waals surface area (Å²) in [5.74, 6) is -8.43. The number of ketones is 2. The minimum Gasteiger partial charge on any atom is -0.508 e. The molecule has 0 saturated heterocycles. The fourth-order valence-electron chi connectivity index (χ4n) is 7.08. The highest BCUT2D eigenvalue weighted by Crippen LogP contribution is 2.56. The second-order valence-corrected chi connectivity index (χ2v) is 12.5. The van der Waals surface area contributed by atoms with Gasteiger partial charge in [0.25, 0.3) is 5.91 Å². The van der Waals surface area contributed by atoms with Gasteiger partial charge in [-0.1, -0.05) is 32.9 Å². The van der Waals surface area contributed by atoms with Crippen molar-refractivity contribution in [2.24, 2.45) is 23.5 Å². The van der Waals surface area contributed by atoms with Crippen LogP contribution in [0.1, 0.15) is 62.3 Å². The van der Waals surface area contributed by atoms with E-state index in [9.17, 15) is 39.9 Å². The number of aromatic hydroxyl groups is 1. The van der Waals surface area contributed by atoms with Crippen LogP contribution in [0.3, 0.4) is 0 Å². The Hall–Kier alpha value is -3.25. The Bertz CT molecular complexity index is 1360. The van der Waals surface area contributed by atoms with Gasteiger partial charge in [0.1, 0.15) is 22.8 Å². The molecule has 7 atom stereocenters. The number of aliphatic hydroxyl groups is 4. The molecule has 0 spiro atoms. The first-order valence-corrected chi connectivity index (χ1v) is 13.8. The van der Waals surface area contributed by atoms with Crippen LogP contribution in [0.5, 0.6) is 5.75 Å². The number of carbonyl (C=O) groups is 3. The third kappa shape index (κ3) is 4.37. The van der Waals surface area contributed by atoms with Gasteiger partial charge in [-0.25, -0.2) is 0 Å². The third-order valence-electron chi connectivity index (χ3n) is 9.16. The van der Waals surface area contributed by atoms with Crippen LogP contribution in [-0.4, -0.2) is 98.7 Å². The van der Waals surface area contributed by atoms with Crippen molar-refractivity contribution >= 4 is 23.2 Å². The first-order valence-electron chi connectivity index (χ1n) is 13.8. The second kappa shape index (κ2) is 10.5. The van der Waals surface area contributed by atoms with E-state index >= 15 is 0 Å². The number of aliphatic hydroxyl groups excluding tert-OH is 3. The monoisotopic (exact) mass is 571 g/mol. The molecule has 224 valence electrons. The van der Waals surface area contributed by atoms with Crippen LogP contribution in [0.25, 0.3) is 5.76 Å². The molecule has 0 radical (unpaired) electrons. The SMILES string of the molecule is CC(C)CCC(c1ccc2c(c1O)C(O)=C1C(=O)[C@]3(O)C(O)=C(C(N)=O)C(=O)[C@@H](N(C)C)[C@@H]3[C@@H](O)[C@@H]1[C@H]2C)N(C)C. The zero-order valence-corrected chi connectivity index (χ0v) is 24.5. The molecule has 3 aliphatic rings. The Morgan fingerprint density at radius 2 is 1.68 bits per heavy atom. The predicted molar refractivity (Wildman–Crippen MR) is 151 cm³/mol. The van der Waals surface area contributed by atoms with E-state index in [-0.39, 0.29) is 17.4 Å². The number of likely N-dealkylation sites (N-methyl/N-ethyl adjacent to an activating group) is 1. The highest BCUT2D eigenvalue weighted by Gasteiger charge is 2.68. The summed E-state index contributed by atoms with van der Waals surface area (Å²) in [5, 5.41) is 57.7. The molecule has 11 heteroatoms. The number of amides is 1. The Balaban J connectivity index is 1.98. The highest BCUT2D eigenvalue weighted by atomic mass is 16.4. The first kappa shape index (κ1) is 30.7. The fraction of sp³-hybridized carbons (Fsp3) is 0.567. The summed E-state index contributed by atoms with van der Waals surface area (Å²) in [6, 6.07) is 1.95. The lowest BCUT2D eigenvalue weighted by atomic mass is 9.54. The quantitative estimate of drug-likeness (QED) is 0.262. The molecule has 0 aromatic heterocycles. The van der Waals surface area contributed by atoms with Gasteiger partial charge < -0.3 is 36.2 Å². The van der Waals surface area contributed by atoms with Crippen LogP contribution < -0.4 is 5.73 Å². The van der Waals surface area contributed by atoms with Crippen LogP contribution in [0, 0.1) is 17.8 Å². The van der Waals surface area contributed by atoms with Crippen LogP contribution in [0.2, 0.25) is 0 Å². The molecular formula is C30H41N3O8. The number of rotatable bonds is 7. The number of hydrogen-bond acceptors (Lipinski definition) is 10. The Kier molecular flexibility index (Phi) is 7.89. The zero-order chi connectivity index (χ0) is 30.9. The molecule has 1 unspecified atom stereocenters. The maximum Gasteiger partial charge on any atom is 0.255 e. The molecule has 0 aliphatic heterocycles. The molecule has 41 heavy (non-hydrogen) atoms. The van der Waals surface area contributed by atoms with Gasteiger partial charge in [0, 0.05) is 23.1 Å². The van der Waals surface area contributed by atoms with Gasteiger partial charge in [-0.3, -0.25) is 19.3 Å². The number of primary amides is 1. The normalized spacial score (nSPS) is 30.6. The zero-order valence-electron chi connectivity index (χ0n) is 24.5. The third-order valence-corrected chi connectivity index (χ3v) is 9.16. The van der Waals surface area contributed by atoms with Crippen molar-refractivity contribution in [3.8, 4) is 5.75 Å².